The molecule has 0 amide bonds. The Labute approximate surface area is 81.3 Å². The maximum Gasteiger partial charge on any atom is 0.252 e. The van der Waals surface area contributed by atoms with Crippen LogP contribution in [0, 0.1) is 0 Å². The predicted octanol–water partition coefficient (Wildman–Crippen LogP) is 1.47. The van der Waals surface area contributed by atoms with Gasteiger partial charge < -0.3 is 0 Å². The van der Waals surface area contributed by atoms with Crippen LogP contribution in [-0.2, 0) is 9.84 Å². The highest BCUT2D eigenvalue weighted by Gasteiger charge is 2.07. The van der Waals surface area contributed by atoms with Crippen molar-refractivity contribution >= 4 is 26.7 Å². The summed E-state index contributed by atoms with van der Waals surface area (Å²) in [6.07, 6.45) is 1.10. The Balaban J connectivity index is 3.16. The first kappa shape index (κ1) is 10.2. The van der Waals surface area contributed by atoms with Gasteiger partial charge in [0.2, 0.25) is 0 Å². The second-order valence-corrected chi connectivity index (χ2v) is 4.93. The molecule has 0 bridgehead atoms. The summed E-state index contributed by atoms with van der Waals surface area (Å²) >= 11 is 5.18. The van der Waals surface area contributed by atoms with Crippen molar-refractivity contribution in [3.05, 3.63) is 29.8 Å². The molecular formula is C8H7ClO3S. The summed E-state index contributed by atoms with van der Waals surface area (Å²) < 4.78 is 22.0. The van der Waals surface area contributed by atoms with Gasteiger partial charge in [-0.3, -0.25) is 4.79 Å². The topological polar surface area (TPSA) is 51.2 Å². The molecule has 3 nitrogen and oxygen atoms in total. The molecule has 1 aromatic carbocycles. The first-order valence-electron chi connectivity index (χ1n) is 3.41. The van der Waals surface area contributed by atoms with Gasteiger partial charge in [0.15, 0.2) is 9.84 Å². The predicted molar refractivity (Wildman–Crippen MR) is 49.7 cm³/mol. The Morgan fingerprint density at radius 1 is 1.23 bits per heavy atom. The number of halogens is 1. The Kier molecular flexibility index (Phi) is 2.73. The van der Waals surface area contributed by atoms with Crippen molar-refractivity contribution in [2.24, 2.45) is 0 Å². The highest BCUT2D eigenvalue weighted by Crippen LogP contribution is 2.11. The summed E-state index contributed by atoms with van der Waals surface area (Å²) in [5.74, 6) is 0. The molecule has 0 saturated heterocycles. The molecule has 0 saturated carbocycles. The summed E-state index contributed by atoms with van der Waals surface area (Å²) in [5.41, 5.74) is 0.286. The zero-order chi connectivity index (χ0) is 10.1. The van der Waals surface area contributed by atoms with Gasteiger partial charge in [-0.1, -0.05) is 0 Å². The highest BCUT2D eigenvalue weighted by molar-refractivity contribution is 7.90. The summed E-state index contributed by atoms with van der Waals surface area (Å²) in [4.78, 5) is 10.8. The molecular weight excluding hydrogens is 212 g/mol. The van der Waals surface area contributed by atoms with Crippen LogP contribution in [0.5, 0.6) is 0 Å². The first-order valence-corrected chi connectivity index (χ1v) is 5.68. The lowest BCUT2D eigenvalue weighted by Crippen LogP contribution is -1.97. The SMILES string of the molecule is CS(=O)(=O)c1ccc(C(=O)Cl)cc1. The zero-order valence-electron chi connectivity index (χ0n) is 6.82. The van der Waals surface area contributed by atoms with E-state index in [0.29, 0.717) is 0 Å². The van der Waals surface area contributed by atoms with Crippen molar-refractivity contribution in [3.8, 4) is 0 Å². The monoisotopic (exact) mass is 218 g/mol. The van der Waals surface area contributed by atoms with E-state index >= 15 is 0 Å². The summed E-state index contributed by atoms with van der Waals surface area (Å²) in [7, 11) is -3.20. The minimum absolute atomic E-state index is 0.175. The van der Waals surface area contributed by atoms with Crippen molar-refractivity contribution in [2.75, 3.05) is 6.26 Å². The van der Waals surface area contributed by atoms with E-state index in [0.717, 1.165) is 6.26 Å². The fourth-order valence-electron chi connectivity index (χ4n) is 0.833. The molecule has 70 valence electrons. The smallest absolute Gasteiger partial charge is 0.252 e. The largest absolute Gasteiger partial charge is 0.276 e. The van der Waals surface area contributed by atoms with Gasteiger partial charge in [0.05, 0.1) is 4.90 Å². The normalized spacial score (nSPS) is 11.2. The van der Waals surface area contributed by atoms with E-state index in [4.69, 9.17) is 11.6 Å². The molecule has 0 aliphatic rings. The fraction of sp³-hybridized carbons (Fsp3) is 0.125. The molecule has 0 radical (unpaired) electrons. The van der Waals surface area contributed by atoms with Crippen LogP contribution in [0.3, 0.4) is 0 Å². The average molecular weight is 219 g/mol. The molecule has 0 N–H and O–H groups in total. The minimum atomic E-state index is -3.20. The summed E-state index contributed by atoms with van der Waals surface area (Å²) in [5, 5.41) is -0.597. The van der Waals surface area contributed by atoms with Crippen LogP contribution in [-0.4, -0.2) is 19.9 Å². The number of hydrogen-bond donors (Lipinski definition) is 0. The third kappa shape index (κ3) is 2.54. The second kappa shape index (κ2) is 3.47. The highest BCUT2D eigenvalue weighted by atomic mass is 35.5. The Bertz CT molecular complexity index is 419. The molecule has 0 spiro atoms. The lowest BCUT2D eigenvalue weighted by Gasteiger charge is -1.97. The van der Waals surface area contributed by atoms with Crippen molar-refractivity contribution in [1.29, 1.82) is 0 Å². The van der Waals surface area contributed by atoms with Crippen LogP contribution in [0.2, 0.25) is 0 Å². The van der Waals surface area contributed by atoms with Crippen molar-refractivity contribution in [2.45, 2.75) is 4.90 Å². The number of carbonyl (C=O) groups is 1. The molecule has 0 atom stereocenters. The quantitative estimate of drug-likeness (QED) is 0.707. The van der Waals surface area contributed by atoms with E-state index in [-0.39, 0.29) is 10.5 Å². The van der Waals surface area contributed by atoms with E-state index in [1.165, 1.54) is 24.3 Å². The number of rotatable bonds is 2. The van der Waals surface area contributed by atoms with E-state index in [1.807, 2.05) is 0 Å². The molecule has 13 heavy (non-hydrogen) atoms. The molecule has 0 aliphatic carbocycles. The van der Waals surface area contributed by atoms with Crippen LogP contribution < -0.4 is 0 Å². The summed E-state index contributed by atoms with van der Waals surface area (Å²) in [6, 6.07) is 5.47. The number of sulfone groups is 1. The van der Waals surface area contributed by atoms with Gasteiger partial charge in [0.1, 0.15) is 0 Å². The lowest BCUT2D eigenvalue weighted by molar-refractivity contribution is 0.108. The van der Waals surface area contributed by atoms with E-state index < -0.39 is 15.1 Å². The number of carbonyl (C=O) groups excluding carboxylic acids is 1. The van der Waals surface area contributed by atoms with Gasteiger partial charge >= 0.3 is 0 Å². The molecule has 0 aliphatic heterocycles. The molecule has 5 heteroatoms. The van der Waals surface area contributed by atoms with Crippen LogP contribution in [0.4, 0.5) is 0 Å². The molecule has 1 aromatic rings. The number of benzene rings is 1. The van der Waals surface area contributed by atoms with Crippen LogP contribution in [0.1, 0.15) is 10.4 Å². The first-order chi connectivity index (χ1) is 5.91. The Morgan fingerprint density at radius 3 is 2.00 bits per heavy atom. The van der Waals surface area contributed by atoms with Gasteiger partial charge in [0, 0.05) is 11.8 Å². The van der Waals surface area contributed by atoms with E-state index in [1.54, 1.807) is 0 Å². The zero-order valence-corrected chi connectivity index (χ0v) is 8.39. The van der Waals surface area contributed by atoms with Crippen LogP contribution >= 0.6 is 11.6 Å². The maximum atomic E-state index is 11.0. The van der Waals surface area contributed by atoms with Gasteiger partial charge in [-0.2, -0.15) is 0 Å². The Morgan fingerprint density at radius 2 is 1.69 bits per heavy atom. The Hall–Kier alpha value is -0.870. The van der Waals surface area contributed by atoms with Crippen molar-refractivity contribution in [3.63, 3.8) is 0 Å². The standard InChI is InChI=1S/C8H7ClO3S/c1-13(11,12)7-4-2-6(3-5-7)8(9)10/h2-5H,1H3. The molecule has 0 unspecified atom stereocenters. The maximum absolute atomic E-state index is 11.0. The van der Waals surface area contributed by atoms with Gasteiger partial charge in [-0.25, -0.2) is 8.42 Å². The molecule has 0 fully saturated rings. The van der Waals surface area contributed by atoms with Crippen molar-refractivity contribution < 1.29 is 13.2 Å². The summed E-state index contributed by atoms with van der Waals surface area (Å²) in [6.45, 7) is 0. The molecule has 0 heterocycles. The van der Waals surface area contributed by atoms with Gasteiger partial charge in [0.25, 0.3) is 5.24 Å². The minimum Gasteiger partial charge on any atom is -0.276 e. The van der Waals surface area contributed by atoms with Crippen LogP contribution in [0.25, 0.3) is 0 Å². The molecule has 0 aromatic heterocycles. The van der Waals surface area contributed by atoms with E-state index in [9.17, 15) is 13.2 Å². The fourth-order valence-corrected chi connectivity index (χ4v) is 1.59. The van der Waals surface area contributed by atoms with Crippen molar-refractivity contribution in [1.82, 2.24) is 0 Å². The lowest BCUT2D eigenvalue weighted by atomic mass is 10.2. The molecule has 1 rings (SSSR count). The average Bonchev–Trinajstić information content (AvgIpc) is 2.03. The third-order valence-electron chi connectivity index (χ3n) is 1.51. The number of hydrogen-bond acceptors (Lipinski definition) is 3. The van der Waals surface area contributed by atoms with Gasteiger partial charge in [-0.05, 0) is 35.9 Å². The second-order valence-electron chi connectivity index (χ2n) is 2.57. The van der Waals surface area contributed by atoms with Gasteiger partial charge in [-0.15, -0.1) is 0 Å². The van der Waals surface area contributed by atoms with E-state index in [2.05, 4.69) is 0 Å². The van der Waals surface area contributed by atoms with Crippen LogP contribution in [0.15, 0.2) is 29.2 Å². The third-order valence-corrected chi connectivity index (χ3v) is 2.86.